The maximum atomic E-state index is 13.5. The van der Waals surface area contributed by atoms with E-state index in [4.69, 9.17) is 32.7 Å². The molecule has 0 aliphatic heterocycles. The van der Waals surface area contributed by atoms with Crippen molar-refractivity contribution < 1.29 is 23.9 Å². The summed E-state index contributed by atoms with van der Waals surface area (Å²) in [7, 11) is 1.45. The maximum absolute atomic E-state index is 13.5. The molecule has 0 radical (unpaired) electrons. The lowest BCUT2D eigenvalue weighted by Crippen LogP contribution is -2.35. The molecule has 0 bridgehead atoms. The summed E-state index contributed by atoms with van der Waals surface area (Å²) in [5, 5.41) is 6.53. The Morgan fingerprint density at radius 1 is 1.05 bits per heavy atom. The molecule has 2 aromatic carbocycles. The van der Waals surface area contributed by atoms with Crippen LogP contribution in [0.4, 0.5) is 10.5 Å². The summed E-state index contributed by atoms with van der Waals surface area (Å²) in [5.41, 5.74) is 0.155. The van der Waals surface area contributed by atoms with Gasteiger partial charge in [-0.25, -0.2) is 9.78 Å². The average molecular weight is 626 g/mol. The Morgan fingerprint density at radius 3 is 2.51 bits per heavy atom. The van der Waals surface area contributed by atoms with Crippen molar-refractivity contribution >= 4 is 57.6 Å². The first kappa shape index (κ1) is 31.5. The normalized spacial score (nSPS) is 12.0. The van der Waals surface area contributed by atoms with Crippen molar-refractivity contribution in [3.05, 3.63) is 97.9 Å². The number of carbonyl (C=O) groups is 3. The highest BCUT2D eigenvalue weighted by molar-refractivity contribution is 6.34. The van der Waals surface area contributed by atoms with E-state index in [1.54, 1.807) is 51.1 Å². The number of halogens is 2. The fourth-order valence-electron chi connectivity index (χ4n) is 4.28. The fourth-order valence-corrected chi connectivity index (χ4v) is 4.64. The number of nitrogens with one attached hydrogen (secondary N) is 3. The third-order valence-electron chi connectivity index (χ3n) is 6.34. The van der Waals surface area contributed by atoms with Crippen LogP contribution in [0.1, 0.15) is 59.4 Å². The van der Waals surface area contributed by atoms with Crippen molar-refractivity contribution in [3.8, 4) is 5.88 Å². The van der Waals surface area contributed by atoms with Gasteiger partial charge in [-0.1, -0.05) is 35.3 Å². The molecular weight excluding hydrogens is 595 g/mol. The third kappa shape index (κ3) is 8.33. The minimum atomic E-state index is -0.719. The molecule has 3 N–H and O–H groups in total. The summed E-state index contributed by atoms with van der Waals surface area (Å²) >= 11 is 12.5. The molecule has 43 heavy (non-hydrogen) atoms. The van der Waals surface area contributed by atoms with E-state index in [0.29, 0.717) is 21.8 Å². The van der Waals surface area contributed by atoms with Crippen LogP contribution in [-0.2, 0) is 4.74 Å². The lowest BCUT2D eigenvalue weighted by molar-refractivity contribution is 0.0522. The molecule has 0 saturated heterocycles. The molecular formula is C31H30Cl2N4O6. The number of pyridine rings is 2. The predicted octanol–water partition coefficient (Wildman–Crippen LogP) is 6.37. The van der Waals surface area contributed by atoms with E-state index in [9.17, 15) is 19.2 Å². The van der Waals surface area contributed by atoms with E-state index in [1.807, 2.05) is 6.07 Å². The summed E-state index contributed by atoms with van der Waals surface area (Å²) in [4.78, 5) is 58.3. The number of benzene rings is 2. The number of H-pyrrole nitrogens is 1. The van der Waals surface area contributed by atoms with Gasteiger partial charge in [0.15, 0.2) is 5.78 Å². The van der Waals surface area contributed by atoms with Gasteiger partial charge in [-0.2, -0.15) is 0 Å². The molecule has 12 heteroatoms. The highest BCUT2D eigenvalue weighted by Gasteiger charge is 2.22. The number of anilines is 1. The van der Waals surface area contributed by atoms with E-state index < -0.39 is 29.1 Å². The summed E-state index contributed by atoms with van der Waals surface area (Å²) in [6, 6.07) is 14.5. The Balaban J connectivity index is 1.54. The predicted molar refractivity (Wildman–Crippen MR) is 166 cm³/mol. The van der Waals surface area contributed by atoms with Crippen molar-refractivity contribution in [2.24, 2.45) is 0 Å². The van der Waals surface area contributed by atoms with Crippen LogP contribution in [0.15, 0.2) is 65.6 Å². The van der Waals surface area contributed by atoms with Crippen LogP contribution in [0.2, 0.25) is 10.0 Å². The summed E-state index contributed by atoms with van der Waals surface area (Å²) in [6.45, 7) is 5.38. The molecule has 0 aliphatic rings. The number of nitrogens with zero attached hydrogens (tertiary/aromatic N) is 1. The van der Waals surface area contributed by atoms with Crippen LogP contribution in [0, 0.1) is 0 Å². The van der Waals surface area contributed by atoms with Gasteiger partial charge in [-0.05, 0) is 62.7 Å². The number of rotatable bonds is 9. The third-order valence-corrected chi connectivity index (χ3v) is 6.90. The molecule has 1 atom stereocenters. The number of ketones is 1. The number of carbonyl (C=O) groups excluding carboxylic acids is 3. The first-order chi connectivity index (χ1) is 20.3. The minimum absolute atomic E-state index is 0.00592. The van der Waals surface area contributed by atoms with Crippen LogP contribution in [0.5, 0.6) is 5.88 Å². The van der Waals surface area contributed by atoms with Crippen molar-refractivity contribution in [3.63, 3.8) is 0 Å². The number of amides is 2. The van der Waals surface area contributed by atoms with Gasteiger partial charge in [-0.15, -0.1) is 0 Å². The minimum Gasteiger partial charge on any atom is -0.481 e. The van der Waals surface area contributed by atoms with Gasteiger partial charge in [0, 0.05) is 47.1 Å². The molecule has 0 aliphatic carbocycles. The molecule has 10 nitrogen and oxygen atoms in total. The van der Waals surface area contributed by atoms with Crippen LogP contribution >= 0.6 is 23.2 Å². The van der Waals surface area contributed by atoms with Gasteiger partial charge in [0.25, 0.3) is 11.5 Å². The second kappa shape index (κ2) is 13.3. The smallest absolute Gasteiger partial charge is 0.407 e. The molecule has 2 amide bonds. The molecule has 2 heterocycles. The molecule has 2 aromatic heterocycles. The lowest BCUT2D eigenvalue weighted by Gasteiger charge is -2.22. The molecule has 1 unspecified atom stereocenters. The van der Waals surface area contributed by atoms with Gasteiger partial charge in [-0.3, -0.25) is 14.4 Å². The van der Waals surface area contributed by atoms with Crippen LogP contribution in [-0.4, -0.2) is 47.0 Å². The van der Waals surface area contributed by atoms with Crippen LogP contribution in [0.25, 0.3) is 10.9 Å². The first-order valence-corrected chi connectivity index (χ1v) is 14.0. The largest absolute Gasteiger partial charge is 0.481 e. The van der Waals surface area contributed by atoms with Gasteiger partial charge >= 0.3 is 6.09 Å². The maximum Gasteiger partial charge on any atom is 0.407 e. The zero-order chi connectivity index (χ0) is 31.3. The van der Waals surface area contributed by atoms with Crippen molar-refractivity contribution in [2.45, 2.75) is 38.7 Å². The Morgan fingerprint density at radius 2 is 1.81 bits per heavy atom. The Hall–Kier alpha value is -4.41. The van der Waals surface area contributed by atoms with Gasteiger partial charge in [0.2, 0.25) is 5.88 Å². The fraction of sp³-hybridized carbons (Fsp3) is 0.258. The zero-order valence-corrected chi connectivity index (χ0v) is 25.4. The van der Waals surface area contributed by atoms with E-state index >= 15 is 0 Å². The summed E-state index contributed by atoms with van der Waals surface area (Å²) < 4.78 is 10.4. The number of alkyl carbamates (subject to hydrolysis) is 1. The second-order valence-corrected chi connectivity index (χ2v) is 11.6. The topological polar surface area (TPSA) is 139 Å². The summed E-state index contributed by atoms with van der Waals surface area (Å²) in [5.74, 6) is -1.11. The monoisotopic (exact) mass is 624 g/mol. The molecule has 0 fully saturated rings. The number of methoxy groups -OCH3 is 1. The molecule has 224 valence electrons. The Bertz CT molecular complexity index is 1750. The van der Waals surface area contributed by atoms with E-state index in [-0.39, 0.29) is 40.6 Å². The highest BCUT2D eigenvalue weighted by atomic mass is 35.5. The van der Waals surface area contributed by atoms with Gasteiger partial charge in [0.1, 0.15) is 11.2 Å². The summed E-state index contributed by atoms with van der Waals surface area (Å²) in [6.07, 6.45) is 0.870. The standard InChI is InChI=1S/C31H30Cl2N4O6/c1-31(2,3)43-30(41)35-15-19(17-6-5-7-21(32)10-17)13-26(38)18-8-9-23(33)25(12-18)37-29(40)22-11-20-16-34-27(42-4)14-24(20)36-28(22)39/h5-12,14,16,19H,13,15H2,1-4H3,(H,35,41)(H,36,39)(H,37,40). The number of hydrogen-bond donors (Lipinski definition) is 3. The Labute approximate surface area is 257 Å². The number of ether oxygens (including phenoxy) is 2. The number of Topliss-reactive ketones (excluding diaryl/α,β-unsaturated/α-hetero) is 1. The highest BCUT2D eigenvalue weighted by Crippen LogP contribution is 2.28. The van der Waals surface area contributed by atoms with Crippen molar-refractivity contribution in [1.29, 1.82) is 0 Å². The quantitative estimate of drug-likeness (QED) is 0.184. The zero-order valence-electron chi connectivity index (χ0n) is 23.9. The number of aromatic amines is 1. The number of aromatic nitrogens is 2. The van der Waals surface area contributed by atoms with Crippen molar-refractivity contribution in [1.82, 2.24) is 15.3 Å². The molecule has 4 rings (SSSR count). The second-order valence-electron chi connectivity index (χ2n) is 10.7. The average Bonchev–Trinajstić information content (AvgIpc) is 2.94. The van der Waals surface area contributed by atoms with Gasteiger partial charge < -0.3 is 25.1 Å². The van der Waals surface area contributed by atoms with Crippen molar-refractivity contribution in [2.75, 3.05) is 19.0 Å². The molecule has 4 aromatic rings. The first-order valence-electron chi connectivity index (χ1n) is 13.3. The van der Waals surface area contributed by atoms with E-state index in [2.05, 4.69) is 20.6 Å². The van der Waals surface area contributed by atoms with Crippen LogP contribution in [0.3, 0.4) is 0 Å². The lowest BCUT2D eigenvalue weighted by atomic mass is 9.91. The van der Waals surface area contributed by atoms with Gasteiger partial charge in [0.05, 0.1) is 23.3 Å². The van der Waals surface area contributed by atoms with E-state index in [0.717, 1.165) is 5.56 Å². The van der Waals surface area contributed by atoms with E-state index in [1.165, 1.54) is 31.5 Å². The number of fused-ring (bicyclic) bond motifs is 1. The molecule has 0 spiro atoms. The molecule has 0 saturated carbocycles. The SMILES string of the molecule is COc1cc2[nH]c(=O)c(C(=O)Nc3cc(C(=O)CC(CNC(=O)OC(C)(C)C)c4cccc(Cl)c4)ccc3Cl)cc2cn1. The number of hydrogen-bond acceptors (Lipinski definition) is 7. The Kier molecular flexibility index (Phi) is 9.73. The van der Waals surface area contributed by atoms with Crippen LogP contribution < -0.4 is 20.9 Å².